The van der Waals surface area contributed by atoms with E-state index in [1.165, 1.54) is 28.9 Å². The summed E-state index contributed by atoms with van der Waals surface area (Å²) in [4.78, 5) is 12.4. The summed E-state index contributed by atoms with van der Waals surface area (Å²) in [5, 5.41) is 22.7. The Morgan fingerprint density at radius 1 is 1.33 bits per heavy atom. The molecule has 154 valence electrons. The van der Waals surface area contributed by atoms with Crippen molar-refractivity contribution in [2.24, 2.45) is 0 Å². The quantitative estimate of drug-likeness (QED) is 0.558. The van der Waals surface area contributed by atoms with Crippen LogP contribution in [0.1, 0.15) is 18.3 Å². The van der Waals surface area contributed by atoms with Gasteiger partial charge in [-0.25, -0.2) is 4.39 Å². The minimum Gasteiger partial charge on any atom is -0.490 e. The van der Waals surface area contributed by atoms with Crippen LogP contribution in [0.3, 0.4) is 0 Å². The van der Waals surface area contributed by atoms with E-state index in [1.807, 2.05) is 6.07 Å². The maximum absolute atomic E-state index is 14.1. The van der Waals surface area contributed by atoms with Crippen LogP contribution >= 0.6 is 15.9 Å². The molecule has 9 nitrogen and oxygen atoms in total. The third-order valence-electron chi connectivity index (χ3n) is 3.87. The molecule has 1 aromatic heterocycles. The molecule has 0 saturated heterocycles. The van der Waals surface area contributed by atoms with Crippen molar-refractivity contribution < 1.29 is 18.7 Å². The van der Waals surface area contributed by atoms with E-state index in [2.05, 4.69) is 36.8 Å². The topological polar surface area (TPSA) is 115 Å². The zero-order chi connectivity index (χ0) is 21.7. The smallest absolute Gasteiger partial charge is 0.262 e. The molecule has 0 radical (unpaired) electrons. The van der Waals surface area contributed by atoms with Crippen LogP contribution in [0.25, 0.3) is 5.69 Å². The Hall–Kier alpha value is -3.52. The molecule has 0 saturated carbocycles. The van der Waals surface area contributed by atoms with Crippen molar-refractivity contribution in [3.8, 4) is 23.3 Å². The Kier molecular flexibility index (Phi) is 6.58. The van der Waals surface area contributed by atoms with Gasteiger partial charge in [0, 0.05) is 11.8 Å². The van der Waals surface area contributed by atoms with Crippen LogP contribution in [0.15, 0.2) is 34.8 Å². The number of nitrogens with zero attached hydrogens (tertiary/aromatic N) is 5. The molecular weight excluding hydrogens is 459 g/mol. The third-order valence-corrected chi connectivity index (χ3v) is 4.46. The van der Waals surface area contributed by atoms with Gasteiger partial charge >= 0.3 is 0 Å². The molecule has 1 N–H and O–H groups in total. The van der Waals surface area contributed by atoms with Gasteiger partial charge in [0.15, 0.2) is 23.9 Å². The van der Waals surface area contributed by atoms with E-state index >= 15 is 0 Å². The fraction of sp³-hybridized carbons (Fsp3) is 0.211. The van der Waals surface area contributed by atoms with Crippen LogP contribution in [0.5, 0.6) is 11.5 Å². The lowest BCUT2D eigenvalue weighted by atomic mass is 10.2. The van der Waals surface area contributed by atoms with Crippen molar-refractivity contribution in [1.82, 2.24) is 20.2 Å². The molecule has 0 atom stereocenters. The number of nitriles is 1. The Bertz CT molecular complexity index is 1130. The van der Waals surface area contributed by atoms with Crippen molar-refractivity contribution >= 4 is 27.5 Å². The van der Waals surface area contributed by atoms with Gasteiger partial charge in [0.1, 0.15) is 11.5 Å². The molecule has 0 aliphatic carbocycles. The van der Waals surface area contributed by atoms with Gasteiger partial charge in [-0.15, -0.1) is 5.10 Å². The number of hydrogen-bond donors (Lipinski definition) is 1. The van der Waals surface area contributed by atoms with E-state index in [0.717, 1.165) is 0 Å². The average Bonchev–Trinajstić information content (AvgIpc) is 3.14. The van der Waals surface area contributed by atoms with E-state index < -0.39 is 11.7 Å². The summed E-state index contributed by atoms with van der Waals surface area (Å²) in [5.74, 6) is 0.0293. The molecule has 0 spiro atoms. The SMILES string of the molecule is CCOc1cc(C#N)cc(Br)c1OCC(=O)Nc1ccc(F)c(-n2nnnc2C)c1. The van der Waals surface area contributed by atoms with Gasteiger partial charge in [0.05, 0.1) is 22.7 Å². The number of nitrogens with one attached hydrogen (secondary N) is 1. The Morgan fingerprint density at radius 2 is 2.13 bits per heavy atom. The fourth-order valence-corrected chi connectivity index (χ4v) is 3.13. The fourth-order valence-electron chi connectivity index (χ4n) is 2.58. The van der Waals surface area contributed by atoms with Crippen molar-refractivity contribution in [2.75, 3.05) is 18.5 Å². The number of rotatable bonds is 7. The number of amides is 1. The number of aryl methyl sites for hydroxylation is 1. The van der Waals surface area contributed by atoms with Gasteiger partial charge in [-0.05, 0) is 64.5 Å². The van der Waals surface area contributed by atoms with E-state index in [1.54, 1.807) is 19.9 Å². The van der Waals surface area contributed by atoms with Gasteiger partial charge in [0.2, 0.25) is 0 Å². The number of halogens is 2. The number of carbonyl (C=O) groups is 1. The number of hydrogen-bond acceptors (Lipinski definition) is 7. The molecule has 3 aromatic rings. The number of aromatic nitrogens is 4. The molecule has 1 amide bonds. The van der Waals surface area contributed by atoms with Crippen molar-refractivity contribution in [1.29, 1.82) is 5.26 Å². The highest BCUT2D eigenvalue weighted by atomic mass is 79.9. The summed E-state index contributed by atoms with van der Waals surface area (Å²) in [6.45, 7) is 3.45. The van der Waals surface area contributed by atoms with E-state index in [-0.39, 0.29) is 12.3 Å². The second-order valence-corrected chi connectivity index (χ2v) is 6.83. The zero-order valence-corrected chi connectivity index (χ0v) is 17.6. The summed E-state index contributed by atoms with van der Waals surface area (Å²) >= 11 is 3.32. The highest BCUT2D eigenvalue weighted by Crippen LogP contribution is 2.36. The summed E-state index contributed by atoms with van der Waals surface area (Å²) in [7, 11) is 0. The Balaban J connectivity index is 1.73. The molecule has 1 heterocycles. The molecule has 3 rings (SSSR count). The van der Waals surface area contributed by atoms with Crippen LogP contribution in [-0.2, 0) is 4.79 Å². The molecule has 11 heteroatoms. The summed E-state index contributed by atoms with van der Waals surface area (Å²) in [6.07, 6.45) is 0. The van der Waals surface area contributed by atoms with Crippen LogP contribution in [0.2, 0.25) is 0 Å². The zero-order valence-electron chi connectivity index (χ0n) is 16.0. The predicted octanol–water partition coefficient (Wildman–Crippen LogP) is 3.16. The van der Waals surface area contributed by atoms with Gasteiger partial charge in [0.25, 0.3) is 5.91 Å². The lowest BCUT2D eigenvalue weighted by Gasteiger charge is -2.14. The Morgan fingerprint density at radius 3 is 2.80 bits per heavy atom. The van der Waals surface area contributed by atoms with Gasteiger partial charge in [-0.2, -0.15) is 9.94 Å². The van der Waals surface area contributed by atoms with E-state index in [4.69, 9.17) is 14.7 Å². The first-order valence-corrected chi connectivity index (χ1v) is 9.56. The monoisotopic (exact) mass is 474 g/mol. The number of benzene rings is 2. The molecule has 30 heavy (non-hydrogen) atoms. The molecule has 0 bridgehead atoms. The standard InChI is InChI=1S/C19H16BrFN6O3/c1-3-29-17-7-12(9-22)6-14(20)19(17)30-10-18(28)23-13-4-5-15(21)16(8-13)27-11(2)24-25-26-27/h4-8H,3,10H2,1-2H3,(H,23,28). The van der Waals surface area contributed by atoms with Gasteiger partial charge < -0.3 is 14.8 Å². The predicted molar refractivity (Wildman–Crippen MR) is 108 cm³/mol. The normalized spacial score (nSPS) is 10.4. The van der Waals surface area contributed by atoms with Gasteiger partial charge in [-0.3, -0.25) is 4.79 Å². The number of anilines is 1. The first-order valence-electron chi connectivity index (χ1n) is 8.77. The van der Waals surface area contributed by atoms with Crippen LogP contribution in [0.4, 0.5) is 10.1 Å². The second kappa shape index (κ2) is 9.32. The van der Waals surface area contributed by atoms with Crippen molar-refractivity contribution in [2.45, 2.75) is 13.8 Å². The number of tetrazole rings is 1. The maximum Gasteiger partial charge on any atom is 0.262 e. The third kappa shape index (κ3) is 4.72. The molecule has 0 aliphatic heterocycles. The molecule has 0 fully saturated rings. The number of ether oxygens (including phenoxy) is 2. The highest BCUT2D eigenvalue weighted by molar-refractivity contribution is 9.10. The molecule has 2 aromatic carbocycles. The molecule has 0 unspecified atom stereocenters. The van der Waals surface area contributed by atoms with Gasteiger partial charge in [-0.1, -0.05) is 0 Å². The van der Waals surface area contributed by atoms with Crippen LogP contribution in [0, 0.1) is 24.1 Å². The molecule has 0 aliphatic rings. The second-order valence-electron chi connectivity index (χ2n) is 5.97. The van der Waals surface area contributed by atoms with Crippen molar-refractivity contribution in [3.63, 3.8) is 0 Å². The first kappa shape index (κ1) is 21.2. The minimum atomic E-state index is -0.539. The summed E-state index contributed by atoms with van der Waals surface area (Å²) in [5.41, 5.74) is 0.836. The van der Waals surface area contributed by atoms with Crippen LogP contribution < -0.4 is 14.8 Å². The van der Waals surface area contributed by atoms with Crippen LogP contribution in [-0.4, -0.2) is 39.3 Å². The highest BCUT2D eigenvalue weighted by Gasteiger charge is 2.15. The van der Waals surface area contributed by atoms with E-state index in [0.29, 0.717) is 39.7 Å². The average molecular weight is 475 g/mol. The van der Waals surface area contributed by atoms with E-state index in [9.17, 15) is 9.18 Å². The Labute approximate surface area is 179 Å². The summed E-state index contributed by atoms with van der Waals surface area (Å²) < 4.78 is 26.9. The summed E-state index contributed by atoms with van der Waals surface area (Å²) in [6, 6.07) is 9.16. The largest absolute Gasteiger partial charge is 0.490 e. The molecular formula is C19H16BrFN6O3. The number of carbonyl (C=O) groups excluding carboxylic acids is 1. The lowest BCUT2D eigenvalue weighted by molar-refractivity contribution is -0.118. The van der Waals surface area contributed by atoms with Crippen molar-refractivity contribution in [3.05, 3.63) is 52.0 Å². The first-order chi connectivity index (χ1) is 14.4. The lowest BCUT2D eigenvalue weighted by Crippen LogP contribution is -2.21. The maximum atomic E-state index is 14.1. The minimum absolute atomic E-state index is 0.102.